The number of hydrogen-bond acceptors (Lipinski definition) is 4. The molecule has 0 aliphatic carbocycles. The van der Waals surface area contributed by atoms with E-state index < -0.39 is 15.6 Å². The molecule has 0 amide bonds. The second kappa shape index (κ2) is 7.40. The summed E-state index contributed by atoms with van der Waals surface area (Å²) in [4.78, 5) is -0.365. The van der Waals surface area contributed by atoms with Gasteiger partial charge in [0.1, 0.15) is 0 Å². The minimum Gasteiger partial charge on any atom is -0.385 e. The van der Waals surface area contributed by atoms with Gasteiger partial charge < -0.3 is 11.1 Å². The maximum Gasteiger partial charge on any atom is 0.341 e. The van der Waals surface area contributed by atoms with Crippen molar-refractivity contribution in [1.82, 2.24) is 0 Å². The molecule has 0 aromatic heterocycles. The van der Waals surface area contributed by atoms with Gasteiger partial charge in [0.15, 0.2) is 0 Å². The van der Waals surface area contributed by atoms with Crippen molar-refractivity contribution < 1.29 is 17.2 Å². The topological polar surface area (TPSA) is 72.2 Å². The second-order valence-electron chi connectivity index (χ2n) is 4.11. The summed E-state index contributed by atoms with van der Waals surface area (Å²) in [5.74, 6) is -3.39. The second-order valence-corrected chi connectivity index (χ2v) is 6.02. The van der Waals surface area contributed by atoms with Crippen molar-refractivity contribution in [3.8, 4) is 0 Å². The molecule has 0 fully saturated rings. The Kier molecular flexibility index (Phi) is 6.17. The van der Waals surface area contributed by atoms with Gasteiger partial charge >= 0.3 is 5.76 Å². The fourth-order valence-electron chi connectivity index (χ4n) is 1.54. The fourth-order valence-corrected chi connectivity index (χ4v) is 2.27. The summed E-state index contributed by atoms with van der Waals surface area (Å²) in [6, 6.07) is 5.34. The molecule has 0 atom stereocenters. The number of nitrogens with two attached hydrogens (primary N) is 1. The summed E-state index contributed by atoms with van der Waals surface area (Å²) >= 11 is 0. The lowest BCUT2D eigenvalue weighted by Crippen LogP contribution is -2.11. The van der Waals surface area contributed by atoms with Crippen molar-refractivity contribution >= 4 is 15.5 Å². The van der Waals surface area contributed by atoms with Crippen LogP contribution in [-0.2, 0) is 9.84 Å². The zero-order valence-corrected chi connectivity index (χ0v) is 11.3. The predicted octanol–water partition coefficient (Wildman–Crippen LogP) is 2.22. The zero-order valence-electron chi connectivity index (χ0n) is 10.5. The first kappa shape index (κ1) is 15.8. The van der Waals surface area contributed by atoms with Crippen LogP contribution in [0.2, 0.25) is 0 Å². The van der Waals surface area contributed by atoms with Crippen molar-refractivity contribution in [2.75, 3.05) is 18.4 Å². The van der Waals surface area contributed by atoms with E-state index in [1.165, 1.54) is 24.3 Å². The number of unbranched alkanes of at least 4 members (excludes halogenated alkanes) is 2. The molecular weight excluding hydrogens is 274 g/mol. The monoisotopic (exact) mass is 292 g/mol. The first-order valence-electron chi connectivity index (χ1n) is 6.04. The number of rotatable bonds is 8. The smallest absolute Gasteiger partial charge is 0.341 e. The molecule has 0 aliphatic rings. The largest absolute Gasteiger partial charge is 0.385 e. The number of anilines is 1. The molecule has 108 valence electrons. The number of halogens is 2. The Morgan fingerprint density at radius 2 is 1.74 bits per heavy atom. The van der Waals surface area contributed by atoms with Crippen LogP contribution in [0.25, 0.3) is 0 Å². The van der Waals surface area contributed by atoms with E-state index in [0.29, 0.717) is 12.2 Å². The third-order valence-corrected chi connectivity index (χ3v) is 4.03. The van der Waals surface area contributed by atoms with Crippen molar-refractivity contribution in [2.45, 2.75) is 29.9 Å². The highest BCUT2D eigenvalue weighted by Gasteiger charge is 2.26. The molecule has 0 aliphatic heterocycles. The van der Waals surface area contributed by atoms with Crippen LogP contribution in [0.5, 0.6) is 0 Å². The van der Waals surface area contributed by atoms with Crippen LogP contribution >= 0.6 is 0 Å². The summed E-state index contributed by atoms with van der Waals surface area (Å²) in [5.41, 5.74) is 6.07. The van der Waals surface area contributed by atoms with Crippen LogP contribution in [0.4, 0.5) is 14.5 Å². The van der Waals surface area contributed by atoms with Gasteiger partial charge in [0.05, 0.1) is 4.90 Å². The first-order valence-corrected chi connectivity index (χ1v) is 7.59. The molecule has 1 aromatic rings. The molecule has 4 nitrogen and oxygen atoms in total. The van der Waals surface area contributed by atoms with E-state index in [1.54, 1.807) is 0 Å². The Balaban J connectivity index is 2.53. The summed E-state index contributed by atoms with van der Waals surface area (Å²) < 4.78 is 47.0. The molecule has 0 spiro atoms. The van der Waals surface area contributed by atoms with Crippen LogP contribution in [-0.4, -0.2) is 27.3 Å². The standard InChI is InChI=1S/C12H18F2N2O2S/c13-12(14)19(17,18)11-6-4-10(5-7-11)16-9-3-1-2-8-15/h4-7,12,16H,1-3,8-9,15H2. The normalized spacial score (nSPS) is 11.8. The Bertz CT molecular complexity index is 475. The van der Waals surface area contributed by atoms with Crippen LogP contribution in [0.1, 0.15) is 19.3 Å². The third kappa shape index (κ3) is 4.76. The number of nitrogens with one attached hydrogen (secondary N) is 1. The van der Waals surface area contributed by atoms with Gasteiger partial charge in [0.2, 0.25) is 9.84 Å². The quantitative estimate of drug-likeness (QED) is 0.721. The highest BCUT2D eigenvalue weighted by Crippen LogP contribution is 2.20. The van der Waals surface area contributed by atoms with E-state index in [0.717, 1.165) is 25.8 Å². The van der Waals surface area contributed by atoms with E-state index in [-0.39, 0.29) is 4.90 Å². The molecule has 0 unspecified atom stereocenters. The lowest BCUT2D eigenvalue weighted by Gasteiger charge is -2.07. The average Bonchev–Trinajstić information content (AvgIpc) is 2.39. The summed E-state index contributed by atoms with van der Waals surface area (Å²) in [5, 5.41) is 3.09. The molecule has 7 heteroatoms. The SMILES string of the molecule is NCCCCCNc1ccc(S(=O)(=O)C(F)F)cc1. The lowest BCUT2D eigenvalue weighted by molar-refractivity contribution is 0.234. The maximum atomic E-state index is 12.3. The van der Waals surface area contributed by atoms with Crippen molar-refractivity contribution in [3.63, 3.8) is 0 Å². The Labute approximate surface area is 111 Å². The minimum absolute atomic E-state index is 0.365. The number of hydrogen-bond donors (Lipinski definition) is 2. The van der Waals surface area contributed by atoms with Crippen LogP contribution < -0.4 is 11.1 Å². The highest BCUT2D eigenvalue weighted by atomic mass is 32.2. The molecule has 19 heavy (non-hydrogen) atoms. The number of benzene rings is 1. The predicted molar refractivity (Wildman–Crippen MR) is 71.0 cm³/mol. The maximum absolute atomic E-state index is 12.3. The Hall–Kier alpha value is -1.21. The lowest BCUT2D eigenvalue weighted by atomic mass is 10.2. The highest BCUT2D eigenvalue weighted by molar-refractivity contribution is 7.91. The van der Waals surface area contributed by atoms with Gasteiger partial charge in [-0.2, -0.15) is 8.78 Å². The van der Waals surface area contributed by atoms with Crippen molar-refractivity contribution in [3.05, 3.63) is 24.3 Å². The Morgan fingerprint density at radius 3 is 2.26 bits per heavy atom. The number of alkyl halides is 2. The van der Waals surface area contributed by atoms with E-state index >= 15 is 0 Å². The zero-order chi connectivity index (χ0) is 14.3. The van der Waals surface area contributed by atoms with Crippen LogP contribution in [0.3, 0.4) is 0 Å². The summed E-state index contributed by atoms with van der Waals surface area (Å²) in [6.45, 7) is 1.40. The van der Waals surface area contributed by atoms with Gasteiger partial charge in [-0.1, -0.05) is 6.42 Å². The van der Waals surface area contributed by atoms with Gasteiger partial charge in [-0.3, -0.25) is 0 Å². The van der Waals surface area contributed by atoms with Crippen molar-refractivity contribution in [1.29, 1.82) is 0 Å². The van der Waals surface area contributed by atoms with Crippen molar-refractivity contribution in [2.24, 2.45) is 5.73 Å². The fraction of sp³-hybridized carbons (Fsp3) is 0.500. The third-order valence-electron chi connectivity index (χ3n) is 2.63. The van der Waals surface area contributed by atoms with E-state index in [2.05, 4.69) is 5.32 Å². The summed E-state index contributed by atoms with van der Waals surface area (Å²) in [7, 11) is -4.50. The van der Waals surface area contributed by atoms with Gasteiger partial charge in [0, 0.05) is 12.2 Å². The van der Waals surface area contributed by atoms with E-state index in [1.807, 2.05) is 0 Å². The van der Waals surface area contributed by atoms with Crippen LogP contribution in [0, 0.1) is 0 Å². The molecule has 3 N–H and O–H groups in total. The average molecular weight is 292 g/mol. The van der Waals surface area contributed by atoms with Gasteiger partial charge in [-0.15, -0.1) is 0 Å². The molecule has 0 saturated carbocycles. The van der Waals surface area contributed by atoms with Crippen LogP contribution in [0.15, 0.2) is 29.2 Å². The first-order chi connectivity index (χ1) is 8.98. The van der Waals surface area contributed by atoms with E-state index in [4.69, 9.17) is 5.73 Å². The molecule has 0 heterocycles. The summed E-state index contributed by atoms with van der Waals surface area (Å²) in [6.07, 6.45) is 2.93. The Morgan fingerprint density at radius 1 is 1.11 bits per heavy atom. The minimum atomic E-state index is -4.50. The van der Waals surface area contributed by atoms with Gasteiger partial charge in [0.25, 0.3) is 0 Å². The molecule has 1 aromatic carbocycles. The van der Waals surface area contributed by atoms with E-state index in [9.17, 15) is 17.2 Å². The molecule has 0 saturated heterocycles. The van der Waals surface area contributed by atoms with Gasteiger partial charge in [-0.05, 0) is 43.7 Å². The molecule has 0 radical (unpaired) electrons. The molecule has 0 bridgehead atoms. The number of sulfone groups is 1. The van der Waals surface area contributed by atoms with Gasteiger partial charge in [-0.25, -0.2) is 8.42 Å². The molecular formula is C12H18F2N2O2S. The molecule has 1 rings (SSSR count).